The molecule has 2 atom stereocenters. The number of hydrogen-bond acceptors (Lipinski definition) is 4. The van der Waals surface area contributed by atoms with Crippen LogP contribution in [0.15, 0.2) is 53.5 Å². The third-order valence-corrected chi connectivity index (χ3v) is 8.65. The van der Waals surface area contributed by atoms with E-state index in [9.17, 15) is 13.2 Å². The SMILES string of the molecule is Cc1cccc(C)c1N1C(=NC(=O)CCc2ccccc2)S[C@@H]2CS(=O)(=O)C[C@H]21. The molecule has 0 unspecified atom stereocenters. The predicted octanol–water partition coefficient (Wildman–Crippen LogP) is 3.54. The molecule has 2 aromatic rings. The molecule has 7 heteroatoms. The fourth-order valence-electron chi connectivity index (χ4n) is 4.07. The van der Waals surface area contributed by atoms with E-state index in [1.165, 1.54) is 11.8 Å². The van der Waals surface area contributed by atoms with Gasteiger partial charge in [-0.15, -0.1) is 0 Å². The Hall–Kier alpha value is -2.12. The third-order valence-electron chi connectivity index (χ3n) is 5.44. The van der Waals surface area contributed by atoms with Crippen LogP contribution in [0, 0.1) is 13.8 Å². The van der Waals surface area contributed by atoms with Crippen molar-refractivity contribution >= 4 is 38.4 Å². The highest BCUT2D eigenvalue weighted by Crippen LogP contribution is 2.43. The summed E-state index contributed by atoms with van der Waals surface area (Å²) >= 11 is 1.43. The first kappa shape index (κ1) is 20.2. The van der Waals surface area contributed by atoms with Crippen LogP contribution < -0.4 is 4.90 Å². The number of nitrogens with zero attached hydrogens (tertiary/aromatic N) is 2. The molecule has 4 rings (SSSR count). The molecule has 0 N–H and O–H groups in total. The zero-order valence-electron chi connectivity index (χ0n) is 16.5. The van der Waals surface area contributed by atoms with Gasteiger partial charge >= 0.3 is 0 Å². The van der Waals surface area contributed by atoms with E-state index in [1.807, 2.05) is 67.3 Å². The number of anilines is 1. The van der Waals surface area contributed by atoms with Crippen molar-refractivity contribution in [2.24, 2.45) is 4.99 Å². The maximum Gasteiger partial charge on any atom is 0.248 e. The molecule has 0 aliphatic carbocycles. The first-order chi connectivity index (χ1) is 13.8. The molecule has 0 bridgehead atoms. The maximum atomic E-state index is 12.6. The largest absolute Gasteiger partial charge is 0.315 e. The molecule has 0 radical (unpaired) electrons. The van der Waals surface area contributed by atoms with E-state index in [0.717, 1.165) is 22.4 Å². The van der Waals surface area contributed by atoms with E-state index in [1.54, 1.807) is 0 Å². The van der Waals surface area contributed by atoms with Crippen LogP contribution in [0.5, 0.6) is 0 Å². The molecule has 0 spiro atoms. The van der Waals surface area contributed by atoms with Crippen LogP contribution in [-0.2, 0) is 21.1 Å². The van der Waals surface area contributed by atoms with Crippen molar-refractivity contribution in [3.63, 3.8) is 0 Å². The molecular formula is C22H24N2O3S2. The second-order valence-corrected chi connectivity index (χ2v) is 11.0. The zero-order valence-corrected chi connectivity index (χ0v) is 18.2. The number of carbonyl (C=O) groups is 1. The van der Waals surface area contributed by atoms with Crippen LogP contribution >= 0.6 is 11.8 Å². The Kier molecular flexibility index (Phi) is 5.53. The Morgan fingerprint density at radius 3 is 2.45 bits per heavy atom. The number of amidine groups is 1. The van der Waals surface area contributed by atoms with Crippen LogP contribution in [0.2, 0.25) is 0 Å². The monoisotopic (exact) mass is 428 g/mol. The minimum atomic E-state index is -3.07. The summed E-state index contributed by atoms with van der Waals surface area (Å²) in [5.74, 6) is 0.0758. The predicted molar refractivity (Wildman–Crippen MR) is 119 cm³/mol. The fourth-order valence-corrected chi connectivity index (χ4v) is 7.99. The number of hydrogen-bond donors (Lipinski definition) is 0. The van der Waals surface area contributed by atoms with E-state index in [2.05, 4.69) is 4.99 Å². The highest BCUT2D eigenvalue weighted by atomic mass is 32.2. The molecule has 2 aliphatic heterocycles. The molecule has 0 saturated carbocycles. The molecular weight excluding hydrogens is 404 g/mol. The van der Waals surface area contributed by atoms with Crippen LogP contribution in [0.1, 0.15) is 23.1 Å². The fraction of sp³-hybridized carbons (Fsp3) is 0.364. The summed E-state index contributed by atoms with van der Waals surface area (Å²) in [5, 5.41) is 0.546. The standard InChI is InChI=1S/C22H24N2O3S2/c1-15-7-6-8-16(2)21(15)24-18-13-29(26,27)14-19(18)28-22(24)23-20(25)12-11-17-9-4-3-5-10-17/h3-10,18-19H,11-14H2,1-2H3/t18-,19-/m1/s1. The van der Waals surface area contributed by atoms with E-state index in [-0.39, 0.29) is 28.7 Å². The first-order valence-corrected chi connectivity index (χ1v) is 12.4. The number of rotatable bonds is 4. The number of aliphatic imine (C=N–C) groups is 1. The lowest BCUT2D eigenvalue weighted by Crippen LogP contribution is -2.38. The van der Waals surface area contributed by atoms with Gasteiger partial charge in [-0.25, -0.2) is 8.42 Å². The molecule has 1 amide bonds. The molecule has 2 aromatic carbocycles. The maximum absolute atomic E-state index is 12.6. The summed E-state index contributed by atoms with van der Waals surface area (Å²) in [6.07, 6.45) is 0.980. The highest BCUT2D eigenvalue weighted by Gasteiger charge is 2.49. The number of benzene rings is 2. The highest BCUT2D eigenvalue weighted by molar-refractivity contribution is 8.16. The quantitative estimate of drug-likeness (QED) is 0.745. The van der Waals surface area contributed by atoms with Gasteiger partial charge in [0.1, 0.15) is 0 Å². The van der Waals surface area contributed by atoms with Crippen molar-refractivity contribution in [1.82, 2.24) is 0 Å². The van der Waals surface area contributed by atoms with E-state index >= 15 is 0 Å². The molecule has 2 heterocycles. The van der Waals surface area contributed by atoms with Gasteiger partial charge in [0.25, 0.3) is 0 Å². The van der Waals surface area contributed by atoms with Crippen LogP contribution in [0.25, 0.3) is 0 Å². The Morgan fingerprint density at radius 2 is 1.76 bits per heavy atom. The van der Waals surface area contributed by atoms with E-state index < -0.39 is 9.84 Å². The first-order valence-electron chi connectivity index (χ1n) is 9.72. The zero-order chi connectivity index (χ0) is 20.6. The Labute approximate surface area is 176 Å². The van der Waals surface area contributed by atoms with Crippen molar-refractivity contribution in [2.45, 2.75) is 38.0 Å². The van der Waals surface area contributed by atoms with Crippen molar-refractivity contribution < 1.29 is 13.2 Å². The molecule has 29 heavy (non-hydrogen) atoms. The van der Waals surface area contributed by atoms with E-state index in [0.29, 0.717) is 18.0 Å². The van der Waals surface area contributed by atoms with Gasteiger partial charge in [-0.05, 0) is 37.0 Å². The number of aryl methyl sites for hydroxylation is 3. The summed E-state index contributed by atoms with van der Waals surface area (Å²) in [4.78, 5) is 19.1. The van der Waals surface area contributed by atoms with Crippen LogP contribution in [0.4, 0.5) is 5.69 Å². The van der Waals surface area contributed by atoms with Crippen LogP contribution in [0.3, 0.4) is 0 Å². The lowest BCUT2D eigenvalue weighted by atomic mass is 10.1. The second-order valence-electron chi connectivity index (χ2n) is 7.68. The molecule has 2 aliphatic rings. The summed E-state index contributed by atoms with van der Waals surface area (Å²) in [6, 6.07) is 15.7. The Morgan fingerprint density at radius 1 is 1.07 bits per heavy atom. The molecule has 2 saturated heterocycles. The van der Waals surface area contributed by atoms with Crippen LogP contribution in [-0.4, -0.2) is 42.3 Å². The summed E-state index contributed by atoms with van der Waals surface area (Å²) in [5.41, 5.74) is 4.19. The number of amides is 1. The molecule has 0 aromatic heterocycles. The number of para-hydroxylation sites is 1. The van der Waals surface area contributed by atoms with Gasteiger partial charge in [0.05, 0.1) is 17.5 Å². The topological polar surface area (TPSA) is 66.8 Å². The minimum Gasteiger partial charge on any atom is -0.315 e. The molecule has 2 fully saturated rings. The minimum absolute atomic E-state index is 0.0836. The van der Waals surface area contributed by atoms with Crippen molar-refractivity contribution in [1.29, 1.82) is 0 Å². The average Bonchev–Trinajstić information content (AvgIpc) is 3.13. The summed E-state index contributed by atoms with van der Waals surface area (Å²) < 4.78 is 24.5. The van der Waals surface area contributed by atoms with Gasteiger partial charge in [0.2, 0.25) is 5.91 Å². The van der Waals surface area contributed by atoms with Gasteiger partial charge in [0, 0.05) is 17.4 Å². The number of carbonyl (C=O) groups excluding carboxylic acids is 1. The average molecular weight is 429 g/mol. The van der Waals surface area contributed by atoms with Gasteiger partial charge < -0.3 is 4.90 Å². The normalized spacial score (nSPS) is 24.1. The Bertz CT molecular complexity index is 1040. The van der Waals surface area contributed by atoms with Gasteiger partial charge in [-0.1, -0.05) is 60.3 Å². The van der Waals surface area contributed by atoms with Crippen molar-refractivity contribution in [2.75, 3.05) is 16.4 Å². The summed E-state index contributed by atoms with van der Waals surface area (Å²) in [6.45, 7) is 4.03. The lowest BCUT2D eigenvalue weighted by molar-refractivity contribution is -0.117. The molecule has 152 valence electrons. The summed E-state index contributed by atoms with van der Waals surface area (Å²) in [7, 11) is -3.07. The van der Waals surface area contributed by atoms with Gasteiger partial charge in [0.15, 0.2) is 15.0 Å². The lowest BCUT2D eigenvalue weighted by Gasteiger charge is -2.28. The Balaban J connectivity index is 1.63. The number of thioether (sulfide) groups is 1. The van der Waals surface area contributed by atoms with E-state index in [4.69, 9.17) is 0 Å². The van der Waals surface area contributed by atoms with Gasteiger partial charge in [-0.2, -0.15) is 4.99 Å². The van der Waals surface area contributed by atoms with Gasteiger partial charge in [-0.3, -0.25) is 4.79 Å². The third kappa shape index (κ3) is 4.26. The number of fused-ring (bicyclic) bond motifs is 1. The van der Waals surface area contributed by atoms with Crippen molar-refractivity contribution in [3.05, 3.63) is 65.2 Å². The smallest absolute Gasteiger partial charge is 0.248 e. The van der Waals surface area contributed by atoms with Crippen molar-refractivity contribution in [3.8, 4) is 0 Å². The molecule has 5 nitrogen and oxygen atoms in total. The number of sulfone groups is 1. The second kappa shape index (κ2) is 7.95.